The third-order valence-corrected chi connectivity index (χ3v) is 4.91. The molecule has 3 atom stereocenters. The molecule has 0 aromatic rings. The van der Waals surface area contributed by atoms with E-state index < -0.39 is 8.60 Å². The average molecular weight is 329 g/mol. The lowest BCUT2D eigenvalue weighted by Crippen LogP contribution is -2.26. The number of alkyl carbamates (subject to hydrolysis) is 1. The maximum absolute atomic E-state index is 11.6. The summed E-state index contributed by atoms with van der Waals surface area (Å²) < 4.78 is 14.8. The SMILES string of the molecule is COP(O)OCCCNC(=O)OCC1C2CCC#CCCC21. The smallest absolute Gasteiger partial charge is 0.407 e. The van der Waals surface area contributed by atoms with Gasteiger partial charge >= 0.3 is 14.7 Å². The third kappa shape index (κ3) is 5.73. The molecular weight excluding hydrogens is 305 g/mol. The van der Waals surface area contributed by atoms with Crippen LogP contribution in [0.25, 0.3) is 0 Å². The summed E-state index contributed by atoms with van der Waals surface area (Å²) in [5.41, 5.74) is 0. The maximum atomic E-state index is 11.6. The minimum Gasteiger partial charge on any atom is -0.449 e. The highest BCUT2D eigenvalue weighted by Crippen LogP contribution is 2.52. The lowest BCUT2D eigenvalue weighted by Gasteiger charge is -2.08. The van der Waals surface area contributed by atoms with Crippen molar-refractivity contribution >= 4 is 14.7 Å². The summed E-state index contributed by atoms with van der Waals surface area (Å²) in [4.78, 5) is 20.7. The van der Waals surface area contributed by atoms with Crippen molar-refractivity contribution in [2.45, 2.75) is 32.1 Å². The number of carbonyl (C=O) groups excluding carboxylic acids is 1. The lowest BCUT2D eigenvalue weighted by molar-refractivity contribution is 0.136. The van der Waals surface area contributed by atoms with Crippen LogP contribution in [0, 0.1) is 29.6 Å². The van der Waals surface area contributed by atoms with Crippen molar-refractivity contribution in [2.75, 3.05) is 26.9 Å². The van der Waals surface area contributed by atoms with Gasteiger partial charge in [-0.05, 0) is 37.0 Å². The van der Waals surface area contributed by atoms with E-state index in [-0.39, 0.29) is 6.09 Å². The standard InChI is InChI=1S/C15H24NO5P/c1-19-22(18)21-10-6-9-16-15(17)20-11-14-12-7-4-2-3-5-8-13(12)14/h12-14,18H,4-11H2,1H3,(H,16,17). The Morgan fingerprint density at radius 3 is 2.64 bits per heavy atom. The average Bonchev–Trinajstić information content (AvgIpc) is 3.14. The number of nitrogens with one attached hydrogen (secondary N) is 1. The second kappa shape index (κ2) is 9.32. The van der Waals surface area contributed by atoms with Gasteiger partial charge in [0, 0.05) is 26.5 Å². The van der Waals surface area contributed by atoms with E-state index in [1.54, 1.807) is 0 Å². The van der Waals surface area contributed by atoms with Crippen molar-refractivity contribution in [2.24, 2.45) is 17.8 Å². The van der Waals surface area contributed by atoms with Crippen LogP contribution in [-0.4, -0.2) is 37.9 Å². The van der Waals surface area contributed by atoms with Gasteiger partial charge in [-0.3, -0.25) is 0 Å². The molecule has 0 saturated heterocycles. The van der Waals surface area contributed by atoms with Gasteiger partial charge in [0.05, 0.1) is 13.2 Å². The molecule has 7 heteroatoms. The second-order valence-electron chi connectivity index (χ2n) is 5.55. The molecule has 2 rings (SSSR count). The Morgan fingerprint density at radius 1 is 1.32 bits per heavy atom. The minimum atomic E-state index is -1.78. The number of rotatable bonds is 8. The molecule has 6 nitrogen and oxygen atoms in total. The van der Waals surface area contributed by atoms with Gasteiger partial charge in [0.25, 0.3) is 0 Å². The van der Waals surface area contributed by atoms with E-state index in [1.807, 2.05) is 0 Å². The zero-order chi connectivity index (χ0) is 15.8. The van der Waals surface area contributed by atoms with E-state index in [2.05, 4.69) is 21.7 Å². The topological polar surface area (TPSA) is 77.0 Å². The first kappa shape index (κ1) is 17.5. The van der Waals surface area contributed by atoms with Crippen LogP contribution in [0.2, 0.25) is 0 Å². The monoisotopic (exact) mass is 329 g/mol. The van der Waals surface area contributed by atoms with Crippen molar-refractivity contribution in [3.05, 3.63) is 0 Å². The molecule has 0 aromatic heterocycles. The zero-order valence-electron chi connectivity index (χ0n) is 12.9. The summed E-state index contributed by atoms with van der Waals surface area (Å²) in [5.74, 6) is 8.24. The number of amides is 1. The molecule has 0 radical (unpaired) electrons. The highest BCUT2D eigenvalue weighted by atomic mass is 31.2. The maximum Gasteiger partial charge on any atom is 0.407 e. The van der Waals surface area contributed by atoms with Gasteiger partial charge in [-0.2, -0.15) is 0 Å². The van der Waals surface area contributed by atoms with Crippen molar-refractivity contribution in [1.29, 1.82) is 0 Å². The van der Waals surface area contributed by atoms with Crippen molar-refractivity contribution in [3.63, 3.8) is 0 Å². The Morgan fingerprint density at radius 2 is 2.00 bits per heavy atom. The summed E-state index contributed by atoms with van der Waals surface area (Å²) in [6, 6.07) is 0. The largest absolute Gasteiger partial charge is 0.449 e. The van der Waals surface area contributed by atoms with E-state index >= 15 is 0 Å². The molecule has 2 aliphatic carbocycles. The predicted molar refractivity (Wildman–Crippen MR) is 82.8 cm³/mol. The Bertz CT molecular complexity index is 404. The molecule has 1 amide bonds. The quantitative estimate of drug-likeness (QED) is 0.406. The van der Waals surface area contributed by atoms with Crippen LogP contribution in [0.1, 0.15) is 32.1 Å². The molecule has 0 aliphatic heterocycles. The number of hydrogen-bond acceptors (Lipinski definition) is 5. The van der Waals surface area contributed by atoms with E-state index in [0.717, 1.165) is 25.7 Å². The van der Waals surface area contributed by atoms with Crippen molar-refractivity contribution < 1.29 is 23.5 Å². The van der Waals surface area contributed by atoms with E-state index in [9.17, 15) is 4.79 Å². The van der Waals surface area contributed by atoms with Crippen LogP contribution in [0.3, 0.4) is 0 Å². The summed E-state index contributed by atoms with van der Waals surface area (Å²) in [7, 11) is -0.402. The molecule has 1 fully saturated rings. The van der Waals surface area contributed by atoms with Crippen LogP contribution >= 0.6 is 8.60 Å². The molecule has 22 heavy (non-hydrogen) atoms. The number of ether oxygens (including phenoxy) is 1. The first-order chi connectivity index (χ1) is 10.7. The fourth-order valence-electron chi connectivity index (χ4n) is 2.96. The van der Waals surface area contributed by atoms with Gasteiger partial charge in [-0.25, -0.2) is 4.79 Å². The molecule has 0 bridgehead atoms. The van der Waals surface area contributed by atoms with Gasteiger partial charge in [-0.1, -0.05) is 0 Å². The molecular formula is C15H24NO5P. The summed E-state index contributed by atoms with van der Waals surface area (Å²) in [5, 5.41) is 2.68. The van der Waals surface area contributed by atoms with Crippen LogP contribution in [0.4, 0.5) is 4.79 Å². The van der Waals surface area contributed by atoms with E-state index in [0.29, 0.717) is 43.9 Å². The minimum absolute atomic E-state index is 0.336. The van der Waals surface area contributed by atoms with Gasteiger partial charge in [0.1, 0.15) is 0 Å². The molecule has 0 spiro atoms. The molecule has 0 aromatic carbocycles. The van der Waals surface area contributed by atoms with Crippen LogP contribution in [0.15, 0.2) is 0 Å². The molecule has 2 N–H and O–H groups in total. The first-order valence-corrected chi connectivity index (χ1v) is 8.87. The van der Waals surface area contributed by atoms with Crippen molar-refractivity contribution in [3.8, 4) is 11.8 Å². The first-order valence-electron chi connectivity index (χ1n) is 7.74. The normalized spacial score (nSPS) is 27.5. The fourth-order valence-corrected chi connectivity index (χ4v) is 3.35. The fraction of sp³-hybridized carbons (Fsp3) is 0.800. The van der Waals surface area contributed by atoms with Crippen LogP contribution in [0.5, 0.6) is 0 Å². The number of fused-ring (bicyclic) bond motifs is 1. The predicted octanol–water partition coefficient (Wildman–Crippen LogP) is 2.42. The molecule has 3 unspecified atom stereocenters. The number of hydrogen-bond donors (Lipinski definition) is 2. The van der Waals surface area contributed by atoms with Gasteiger partial charge in [0.2, 0.25) is 0 Å². The molecule has 2 aliphatic rings. The second-order valence-corrected chi connectivity index (χ2v) is 6.65. The van der Waals surface area contributed by atoms with Crippen LogP contribution in [-0.2, 0) is 13.8 Å². The Kier molecular flexibility index (Phi) is 7.41. The van der Waals surface area contributed by atoms with Gasteiger partial charge < -0.3 is 24.0 Å². The Labute approximate surface area is 132 Å². The summed E-state index contributed by atoms with van der Waals surface area (Å²) in [6.45, 7) is 1.30. The highest BCUT2D eigenvalue weighted by Gasteiger charge is 2.49. The van der Waals surface area contributed by atoms with Gasteiger partial charge in [-0.15, -0.1) is 11.8 Å². The summed E-state index contributed by atoms with van der Waals surface area (Å²) in [6.07, 6.45) is 4.43. The molecule has 0 heterocycles. The zero-order valence-corrected chi connectivity index (χ0v) is 13.8. The van der Waals surface area contributed by atoms with Crippen molar-refractivity contribution in [1.82, 2.24) is 5.32 Å². The molecule has 1 saturated carbocycles. The molecule has 124 valence electrons. The summed E-state index contributed by atoms with van der Waals surface area (Å²) >= 11 is 0. The third-order valence-electron chi connectivity index (χ3n) is 4.19. The lowest BCUT2D eigenvalue weighted by atomic mass is 10.1. The Hall–Kier alpha value is -0.860. The van der Waals surface area contributed by atoms with E-state index in [4.69, 9.17) is 14.2 Å². The highest BCUT2D eigenvalue weighted by molar-refractivity contribution is 7.40. The van der Waals surface area contributed by atoms with Crippen LogP contribution < -0.4 is 5.32 Å². The van der Waals surface area contributed by atoms with Gasteiger partial charge in [0.15, 0.2) is 0 Å². The number of carbonyl (C=O) groups is 1. The van der Waals surface area contributed by atoms with E-state index in [1.165, 1.54) is 7.11 Å². The Balaban J connectivity index is 1.50.